The number of hydrogen-bond donors (Lipinski definition) is 2. The molecule has 9 heteroatoms. The first-order chi connectivity index (χ1) is 8.32. The van der Waals surface area contributed by atoms with Crippen molar-refractivity contribution in [2.45, 2.75) is 50.2 Å². The Morgan fingerprint density at radius 1 is 0.842 bits per heavy atom. The molecule has 0 heterocycles. The lowest BCUT2D eigenvalue weighted by atomic mass is 10.7. The van der Waals surface area contributed by atoms with E-state index >= 15 is 0 Å². The van der Waals surface area contributed by atoms with Crippen molar-refractivity contribution in [1.82, 2.24) is 0 Å². The second kappa shape index (κ2) is 6.88. The molecule has 0 spiro atoms. The standard InChI is InChI=1S/C10H22O6SSi2/c1-18(2,3)15-7(11)9(13)17-10(14)8(12)16-19(4,5)6/h9-10,13-14H,1-6H3. The minimum atomic E-state index is -2.11. The second-order valence-electron chi connectivity index (χ2n) is 5.91. The lowest BCUT2D eigenvalue weighted by Gasteiger charge is -2.22. The van der Waals surface area contributed by atoms with E-state index in [9.17, 15) is 19.8 Å². The molecule has 0 fully saturated rings. The Kier molecular flexibility index (Phi) is 6.76. The fraction of sp³-hybridized carbons (Fsp3) is 0.800. The zero-order valence-corrected chi connectivity index (χ0v) is 14.9. The van der Waals surface area contributed by atoms with E-state index in [1.807, 2.05) is 0 Å². The monoisotopic (exact) mass is 326 g/mol. The molecule has 6 nitrogen and oxygen atoms in total. The molecule has 0 aromatic heterocycles. The topological polar surface area (TPSA) is 93.1 Å². The molecule has 19 heavy (non-hydrogen) atoms. The Bertz CT molecular complexity index is 304. The van der Waals surface area contributed by atoms with Gasteiger partial charge in [-0.1, -0.05) is 11.8 Å². The molecule has 2 N–H and O–H groups in total. The third kappa shape index (κ3) is 9.22. The second-order valence-corrected chi connectivity index (χ2v) is 15.9. The molecule has 0 aromatic rings. The van der Waals surface area contributed by atoms with Gasteiger partial charge in [0.25, 0.3) is 0 Å². The van der Waals surface area contributed by atoms with Gasteiger partial charge < -0.3 is 19.1 Å². The van der Waals surface area contributed by atoms with E-state index in [4.69, 9.17) is 8.85 Å². The zero-order valence-electron chi connectivity index (χ0n) is 12.1. The fourth-order valence-corrected chi connectivity index (χ4v) is 3.10. The quantitative estimate of drug-likeness (QED) is 0.558. The minimum Gasteiger partial charge on any atom is -0.517 e. The number of carbonyl (C=O) groups is 2. The molecule has 0 bridgehead atoms. The van der Waals surface area contributed by atoms with Crippen LogP contribution >= 0.6 is 11.8 Å². The summed E-state index contributed by atoms with van der Waals surface area (Å²) >= 11 is 0.404. The van der Waals surface area contributed by atoms with Crippen LogP contribution < -0.4 is 0 Å². The molecular formula is C10H22O6SSi2. The summed E-state index contributed by atoms with van der Waals surface area (Å²) in [6.45, 7) is 10.7. The Morgan fingerprint density at radius 3 is 1.32 bits per heavy atom. The number of aliphatic hydroxyl groups excluding tert-OH is 2. The highest BCUT2D eigenvalue weighted by molar-refractivity contribution is 8.01. The summed E-state index contributed by atoms with van der Waals surface area (Å²) in [6.07, 6.45) is 0. The predicted octanol–water partition coefficient (Wildman–Crippen LogP) is 1.11. The number of thioether (sulfide) groups is 1. The molecule has 0 aliphatic carbocycles. The van der Waals surface area contributed by atoms with E-state index in [-0.39, 0.29) is 0 Å². The third-order valence-electron chi connectivity index (χ3n) is 1.47. The van der Waals surface area contributed by atoms with Gasteiger partial charge in [-0.15, -0.1) is 0 Å². The van der Waals surface area contributed by atoms with Crippen molar-refractivity contribution in [3.63, 3.8) is 0 Å². The lowest BCUT2D eigenvalue weighted by molar-refractivity contribution is -0.140. The minimum absolute atomic E-state index is 0.404. The van der Waals surface area contributed by atoms with Crippen molar-refractivity contribution >= 4 is 40.3 Å². The van der Waals surface area contributed by atoms with Gasteiger partial charge in [-0.25, -0.2) is 9.59 Å². The summed E-state index contributed by atoms with van der Waals surface area (Å²) in [4.78, 5) is 23.0. The lowest BCUT2D eigenvalue weighted by Crippen LogP contribution is -2.37. The first-order valence-electron chi connectivity index (χ1n) is 5.79. The van der Waals surface area contributed by atoms with Gasteiger partial charge >= 0.3 is 11.9 Å². The maximum absolute atomic E-state index is 11.5. The van der Waals surface area contributed by atoms with Crippen LogP contribution in [0.1, 0.15) is 0 Å². The highest BCUT2D eigenvalue weighted by atomic mass is 32.2. The van der Waals surface area contributed by atoms with Crippen LogP contribution in [0.5, 0.6) is 0 Å². The fourth-order valence-electron chi connectivity index (χ4n) is 0.938. The van der Waals surface area contributed by atoms with E-state index in [1.54, 1.807) is 39.3 Å². The van der Waals surface area contributed by atoms with E-state index < -0.39 is 39.4 Å². The van der Waals surface area contributed by atoms with Gasteiger partial charge in [0.05, 0.1) is 0 Å². The van der Waals surface area contributed by atoms with E-state index in [2.05, 4.69) is 0 Å². The Labute approximate surface area is 119 Å². The molecule has 112 valence electrons. The molecular weight excluding hydrogens is 304 g/mol. The predicted molar refractivity (Wildman–Crippen MR) is 78.5 cm³/mol. The summed E-state index contributed by atoms with van der Waals surface area (Å²) in [6, 6.07) is 0. The molecule has 2 atom stereocenters. The average Bonchev–Trinajstić information content (AvgIpc) is 2.11. The van der Waals surface area contributed by atoms with Crippen molar-refractivity contribution in [3.05, 3.63) is 0 Å². The normalized spacial score (nSPS) is 15.6. The number of carbonyl (C=O) groups excluding carboxylic acids is 2. The van der Waals surface area contributed by atoms with Gasteiger partial charge in [-0.2, -0.15) is 0 Å². The van der Waals surface area contributed by atoms with E-state index in [1.165, 1.54) is 0 Å². The van der Waals surface area contributed by atoms with Crippen molar-refractivity contribution in [3.8, 4) is 0 Å². The van der Waals surface area contributed by atoms with Crippen LogP contribution in [-0.4, -0.2) is 49.7 Å². The average molecular weight is 327 g/mol. The smallest absolute Gasteiger partial charge is 0.332 e. The molecule has 2 unspecified atom stereocenters. The van der Waals surface area contributed by atoms with Crippen LogP contribution in [0.3, 0.4) is 0 Å². The largest absolute Gasteiger partial charge is 0.517 e. The van der Waals surface area contributed by atoms with Crippen molar-refractivity contribution in [2.75, 3.05) is 0 Å². The Morgan fingerprint density at radius 2 is 1.11 bits per heavy atom. The summed E-state index contributed by atoms with van der Waals surface area (Å²) in [5.74, 6) is -1.69. The number of hydrogen-bond acceptors (Lipinski definition) is 7. The van der Waals surface area contributed by atoms with Gasteiger partial charge in [0.1, 0.15) is 0 Å². The molecule has 0 aromatic carbocycles. The van der Waals surface area contributed by atoms with Crippen LogP contribution in [0, 0.1) is 0 Å². The molecule has 0 saturated heterocycles. The van der Waals surface area contributed by atoms with Gasteiger partial charge in [-0.3, -0.25) is 0 Å². The SMILES string of the molecule is C[Si](C)(C)OC(=O)C(O)SC(O)C(=O)O[Si](C)(C)C. The summed E-state index contributed by atoms with van der Waals surface area (Å²) in [5, 5.41) is 19.1. The van der Waals surface area contributed by atoms with E-state index in [0.29, 0.717) is 11.8 Å². The summed E-state index contributed by atoms with van der Waals surface area (Å²) < 4.78 is 10.1. The molecule has 0 rings (SSSR count). The van der Waals surface area contributed by atoms with Gasteiger partial charge in [0.2, 0.25) is 16.6 Å². The van der Waals surface area contributed by atoms with Crippen LogP contribution in [0.15, 0.2) is 0 Å². The number of aliphatic hydroxyl groups is 2. The zero-order chi connectivity index (χ0) is 15.4. The Hall–Kier alpha value is -0.356. The summed E-state index contributed by atoms with van der Waals surface area (Å²) in [7, 11) is -4.23. The van der Waals surface area contributed by atoms with Crippen molar-refractivity contribution < 1.29 is 28.7 Å². The highest BCUT2D eigenvalue weighted by Crippen LogP contribution is 2.19. The van der Waals surface area contributed by atoms with E-state index in [0.717, 1.165) is 0 Å². The maximum atomic E-state index is 11.5. The first-order valence-corrected chi connectivity index (χ1v) is 13.5. The van der Waals surface area contributed by atoms with Crippen LogP contribution in [-0.2, 0) is 18.4 Å². The van der Waals surface area contributed by atoms with Crippen molar-refractivity contribution in [1.29, 1.82) is 0 Å². The first kappa shape index (κ1) is 18.6. The molecule has 0 radical (unpaired) electrons. The van der Waals surface area contributed by atoms with Crippen LogP contribution in [0.25, 0.3) is 0 Å². The Balaban J connectivity index is 4.36. The molecule has 0 amide bonds. The van der Waals surface area contributed by atoms with Crippen molar-refractivity contribution in [2.24, 2.45) is 0 Å². The maximum Gasteiger partial charge on any atom is 0.332 e. The summed E-state index contributed by atoms with van der Waals surface area (Å²) in [5.41, 5.74) is -3.20. The third-order valence-corrected chi connectivity index (χ3v) is 4.00. The van der Waals surface area contributed by atoms with Crippen LogP contribution in [0.2, 0.25) is 39.3 Å². The molecule has 0 aliphatic heterocycles. The highest BCUT2D eigenvalue weighted by Gasteiger charge is 2.32. The van der Waals surface area contributed by atoms with Gasteiger partial charge in [0.15, 0.2) is 10.9 Å². The number of rotatable bonds is 6. The van der Waals surface area contributed by atoms with Gasteiger partial charge in [0, 0.05) is 0 Å². The van der Waals surface area contributed by atoms with Crippen LogP contribution in [0.4, 0.5) is 0 Å². The molecule has 0 aliphatic rings. The molecule has 0 saturated carbocycles. The van der Waals surface area contributed by atoms with Gasteiger partial charge in [-0.05, 0) is 39.3 Å².